The summed E-state index contributed by atoms with van der Waals surface area (Å²) in [6, 6.07) is 5.31. The van der Waals surface area contributed by atoms with Gasteiger partial charge in [-0.1, -0.05) is 13.0 Å². The van der Waals surface area contributed by atoms with E-state index in [1.807, 2.05) is 7.05 Å². The number of anilines is 1. The summed E-state index contributed by atoms with van der Waals surface area (Å²) >= 11 is 0. The molecule has 0 radical (unpaired) electrons. The minimum absolute atomic E-state index is 0.420. The van der Waals surface area contributed by atoms with E-state index >= 15 is 0 Å². The maximum atomic E-state index is 11.3. The Balaban J connectivity index is 2.14. The van der Waals surface area contributed by atoms with Crippen LogP contribution in [0, 0.1) is 0 Å². The molecular weight excluding hydrogens is 218 g/mol. The highest BCUT2D eigenvalue weighted by Gasteiger charge is 2.03. The third-order valence-corrected chi connectivity index (χ3v) is 2.35. The predicted molar refractivity (Wildman–Crippen MR) is 67.0 cm³/mol. The van der Waals surface area contributed by atoms with E-state index in [1.165, 1.54) is 0 Å². The number of amides is 1. The molecule has 1 aromatic heterocycles. The van der Waals surface area contributed by atoms with Gasteiger partial charge in [0.25, 0.3) is 0 Å². The maximum absolute atomic E-state index is 11.3. The quantitative estimate of drug-likeness (QED) is 0.768. The van der Waals surface area contributed by atoms with Gasteiger partial charge in [0.2, 0.25) is 0 Å². The lowest BCUT2D eigenvalue weighted by atomic mass is 10.4. The molecule has 1 N–H and O–H groups in total. The summed E-state index contributed by atoms with van der Waals surface area (Å²) in [4.78, 5) is 17.5. The smallest absolute Gasteiger partial charge is 0.412 e. The van der Waals surface area contributed by atoms with E-state index < -0.39 is 6.09 Å². The average Bonchev–Trinajstić information content (AvgIpc) is 2.35. The molecule has 1 amide bonds. The van der Waals surface area contributed by atoms with Crippen molar-refractivity contribution in [1.82, 2.24) is 9.88 Å². The lowest BCUT2D eigenvalue weighted by Gasteiger charge is -2.13. The molecule has 0 fully saturated rings. The summed E-state index contributed by atoms with van der Waals surface area (Å²) in [5.41, 5.74) is 0. The Labute approximate surface area is 102 Å². The average molecular weight is 237 g/mol. The zero-order valence-electron chi connectivity index (χ0n) is 10.3. The Kier molecular flexibility index (Phi) is 6.03. The van der Waals surface area contributed by atoms with Gasteiger partial charge in [-0.25, -0.2) is 9.78 Å². The van der Waals surface area contributed by atoms with Gasteiger partial charge >= 0.3 is 6.09 Å². The van der Waals surface area contributed by atoms with E-state index in [4.69, 9.17) is 4.74 Å². The number of pyridine rings is 1. The Morgan fingerprint density at radius 1 is 1.53 bits per heavy atom. The lowest BCUT2D eigenvalue weighted by molar-refractivity contribution is 0.155. The zero-order valence-corrected chi connectivity index (χ0v) is 10.3. The predicted octanol–water partition coefficient (Wildman–Crippen LogP) is 1.97. The topological polar surface area (TPSA) is 54.5 Å². The van der Waals surface area contributed by atoms with E-state index in [0.29, 0.717) is 12.4 Å². The lowest BCUT2D eigenvalue weighted by Crippen LogP contribution is -2.21. The molecular formula is C12H19N3O2. The van der Waals surface area contributed by atoms with Crippen molar-refractivity contribution in [3.63, 3.8) is 0 Å². The van der Waals surface area contributed by atoms with Gasteiger partial charge in [0, 0.05) is 12.7 Å². The molecule has 0 aliphatic heterocycles. The first-order valence-electron chi connectivity index (χ1n) is 5.75. The van der Waals surface area contributed by atoms with Crippen LogP contribution in [-0.2, 0) is 4.74 Å². The Hall–Kier alpha value is -1.62. The third kappa shape index (κ3) is 5.87. The van der Waals surface area contributed by atoms with Crippen LogP contribution in [0.15, 0.2) is 24.4 Å². The second-order valence-electron chi connectivity index (χ2n) is 3.73. The van der Waals surface area contributed by atoms with Crippen molar-refractivity contribution in [3.8, 4) is 0 Å². The third-order valence-electron chi connectivity index (χ3n) is 2.35. The molecule has 5 nitrogen and oxygen atoms in total. The van der Waals surface area contributed by atoms with Crippen molar-refractivity contribution in [1.29, 1.82) is 0 Å². The van der Waals surface area contributed by atoms with Crippen LogP contribution < -0.4 is 5.32 Å². The number of ether oxygens (including phenoxy) is 1. The number of hydrogen-bond acceptors (Lipinski definition) is 4. The van der Waals surface area contributed by atoms with E-state index in [-0.39, 0.29) is 0 Å². The van der Waals surface area contributed by atoms with Crippen LogP contribution in [-0.4, -0.2) is 42.7 Å². The van der Waals surface area contributed by atoms with Gasteiger partial charge in [-0.2, -0.15) is 0 Å². The molecule has 1 aromatic rings. The van der Waals surface area contributed by atoms with Crippen molar-refractivity contribution in [2.75, 3.05) is 32.1 Å². The first-order chi connectivity index (χ1) is 8.22. The number of nitrogens with one attached hydrogen (secondary N) is 1. The van der Waals surface area contributed by atoms with Gasteiger partial charge in [0.15, 0.2) is 0 Å². The maximum Gasteiger partial charge on any atom is 0.412 e. The largest absolute Gasteiger partial charge is 0.449 e. The van der Waals surface area contributed by atoms with Crippen molar-refractivity contribution >= 4 is 11.9 Å². The van der Waals surface area contributed by atoms with Gasteiger partial charge in [0.05, 0.1) is 6.61 Å². The molecule has 0 atom stereocenters. The first kappa shape index (κ1) is 13.4. The van der Waals surface area contributed by atoms with Crippen molar-refractivity contribution < 1.29 is 9.53 Å². The minimum atomic E-state index is -0.456. The van der Waals surface area contributed by atoms with Gasteiger partial charge in [-0.05, 0) is 32.1 Å². The Morgan fingerprint density at radius 2 is 2.35 bits per heavy atom. The highest BCUT2D eigenvalue weighted by molar-refractivity contribution is 5.83. The number of aromatic nitrogens is 1. The van der Waals surface area contributed by atoms with Crippen LogP contribution in [0.25, 0.3) is 0 Å². The van der Waals surface area contributed by atoms with E-state index in [9.17, 15) is 4.79 Å². The molecule has 0 unspecified atom stereocenters. The fourth-order valence-corrected chi connectivity index (χ4v) is 1.23. The summed E-state index contributed by atoms with van der Waals surface area (Å²) < 4.78 is 5.02. The molecule has 1 heterocycles. The highest BCUT2D eigenvalue weighted by Crippen LogP contribution is 2.00. The van der Waals surface area contributed by atoms with Crippen LogP contribution in [0.1, 0.15) is 13.3 Å². The molecule has 0 spiro atoms. The van der Waals surface area contributed by atoms with Crippen molar-refractivity contribution in [2.24, 2.45) is 0 Å². The SMILES string of the molecule is CCN(C)CCCOC(=O)Nc1ccccn1. The molecule has 0 aromatic carbocycles. The monoisotopic (exact) mass is 237 g/mol. The fraction of sp³-hybridized carbons (Fsp3) is 0.500. The second-order valence-corrected chi connectivity index (χ2v) is 3.73. The number of nitrogens with zero attached hydrogens (tertiary/aromatic N) is 2. The van der Waals surface area contributed by atoms with Crippen LogP contribution in [0.5, 0.6) is 0 Å². The molecule has 0 aliphatic rings. The van der Waals surface area contributed by atoms with E-state index in [2.05, 4.69) is 22.1 Å². The van der Waals surface area contributed by atoms with Crippen LogP contribution >= 0.6 is 0 Å². The molecule has 0 aliphatic carbocycles. The molecule has 17 heavy (non-hydrogen) atoms. The number of rotatable bonds is 6. The summed E-state index contributed by atoms with van der Waals surface area (Å²) in [6.45, 7) is 4.44. The standard InChI is InChI=1S/C12H19N3O2/c1-3-15(2)9-6-10-17-12(16)14-11-7-4-5-8-13-11/h4-5,7-8H,3,6,9-10H2,1-2H3,(H,13,14,16). The van der Waals surface area contributed by atoms with Crippen molar-refractivity contribution in [3.05, 3.63) is 24.4 Å². The molecule has 1 rings (SSSR count). The minimum Gasteiger partial charge on any atom is -0.449 e. The van der Waals surface area contributed by atoms with Gasteiger partial charge in [0.1, 0.15) is 5.82 Å². The van der Waals surface area contributed by atoms with Crippen LogP contribution in [0.2, 0.25) is 0 Å². The number of carbonyl (C=O) groups is 1. The summed E-state index contributed by atoms with van der Waals surface area (Å²) in [5.74, 6) is 0.503. The highest BCUT2D eigenvalue weighted by atomic mass is 16.5. The molecule has 0 bridgehead atoms. The Bertz CT molecular complexity index is 330. The van der Waals surface area contributed by atoms with Crippen LogP contribution in [0.4, 0.5) is 10.6 Å². The van der Waals surface area contributed by atoms with Crippen LogP contribution in [0.3, 0.4) is 0 Å². The molecule has 0 saturated heterocycles. The fourth-order valence-electron chi connectivity index (χ4n) is 1.23. The first-order valence-corrected chi connectivity index (χ1v) is 5.75. The molecule has 94 valence electrons. The summed E-state index contributed by atoms with van der Waals surface area (Å²) in [5, 5.41) is 2.56. The van der Waals surface area contributed by atoms with Gasteiger partial charge in [-0.15, -0.1) is 0 Å². The Morgan fingerprint density at radius 3 is 3.00 bits per heavy atom. The molecule has 0 saturated carbocycles. The van der Waals surface area contributed by atoms with Gasteiger partial charge in [-0.3, -0.25) is 5.32 Å². The van der Waals surface area contributed by atoms with E-state index in [0.717, 1.165) is 19.5 Å². The number of hydrogen-bond donors (Lipinski definition) is 1. The second kappa shape index (κ2) is 7.62. The van der Waals surface area contributed by atoms with Crippen molar-refractivity contribution in [2.45, 2.75) is 13.3 Å². The number of carbonyl (C=O) groups excluding carboxylic acids is 1. The summed E-state index contributed by atoms with van der Waals surface area (Å²) in [6.07, 6.45) is 1.99. The zero-order chi connectivity index (χ0) is 12.5. The summed E-state index contributed by atoms with van der Waals surface area (Å²) in [7, 11) is 2.04. The van der Waals surface area contributed by atoms with E-state index in [1.54, 1.807) is 24.4 Å². The normalized spacial score (nSPS) is 10.3. The molecule has 5 heteroatoms. The van der Waals surface area contributed by atoms with Gasteiger partial charge < -0.3 is 9.64 Å².